The molecule has 0 saturated heterocycles. The summed E-state index contributed by atoms with van der Waals surface area (Å²) in [6, 6.07) is 10.5. The van der Waals surface area contributed by atoms with E-state index >= 15 is 0 Å². The van der Waals surface area contributed by atoms with Crippen molar-refractivity contribution in [3.05, 3.63) is 52.4 Å². The molecule has 0 bridgehead atoms. The zero-order chi connectivity index (χ0) is 18.8. The first-order valence-corrected chi connectivity index (χ1v) is 8.93. The third-order valence-corrected chi connectivity index (χ3v) is 4.30. The zero-order valence-corrected chi connectivity index (χ0v) is 14.9. The summed E-state index contributed by atoms with van der Waals surface area (Å²) in [7, 11) is 0. The Hall–Kier alpha value is -3.36. The molecule has 2 aromatic heterocycles. The maximum Gasteiger partial charge on any atom is 0.276 e. The quantitative estimate of drug-likeness (QED) is 0.715. The molecule has 1 fully saturated rings. The van der Waals surface area contributed by atoms with Gasteiger partial charge in [0.05, 0.1) is 6.04 Å². The molecule has 2 heterocycles. The van der Waals surface area contributed by atoms with E-state index in [1.165, 1.54) is 16.8 Å². The summed E-state index contributed by atoms with van der Waals surface area (Å²) >= 11 is 0. The Morgan fingerprint density at radius 2 is 2.11 bits per heavy atom. The van der Waals surface area contributed by atoms with Crippen molar-refractivity contribution in [2.45, 2.75) is 38.8 Å². The number of aromatic nitrogens is 6. The summed E-state index contributed by atoms with van der Waals surface area (Å²) in [4.78, 5) is 24.3. The van der Waals surface area contributed by atoms with E-state index in [1.807, 2.05) is 29.8 Å². The van der Waals surface area contributed by atoms with Crippen LogP contribution in [-0.2, 0) is 6.54 Å². The van der Waals surface area contributed by atoms with Crippen LogP contribution in [0, 0.1) is 0 Å². The van der Waals surface area contributed by atoms with Gasteiger partial charge in [-0.05, 0) is 47.9 Å². The van der Waals surface area contributed by atoms with Crippen LogP contribution in [0.5, 0.6) is 0 Å². The number of benzene rings is 1. The third kappa shape index (κ3) is 3.62. The molecule has 0 radical (unpaired) electrons. The summed E-state index contributed by atoms with van der Waals surface area (Å²) in [6.45, 7) is 2.42. The number of rotatable bonds is 6. The van der Waals surface area contributed by atoms with Crippen LogP contribution in [0.2, 0.25) is 0 Å². The number of aryl methyl sites for hydroxylation is 1. The molecule has 1 saturated carbocycles. The number of hydrogen-bond acceptors (Lipinski definition) is 6. The Morgan fingerprint density at radius 1 is 1.26 bits per heavy atom. The topological polar surface area (TPSA) is 108 Å². The number of tetrazole rings is 1. The Labute approximate surface area is 155 Å². The van der Waals surface area contributed by atoms with Crippen LogP contribution >= 0.6 is 0 Å². The van der Waals surface area contributed by atoms with E-state index in [0.29, 0.717) is 24.1 Å². The van der Waals surface area contributed by atoms with Crippen LogP contribution < -0.4 is 10.9 Å². The maximum absolute atomic E-state index is 12.5. The molecule has 0 spiro atoms. The van der Waals surface area contributed by atoms with Gasteiger partial charge in [-0.3, -0.25) is 9.59 Å². The summed E-state index contributed by atoms with van der Waals surface area (Å²) in [6.07, 6.45) is 2.91. The largest absolute Gasteiger partial charge is 0.321 e. The Morgan fingerprint density at radius 3 is 2.89 bits per heavy atom. The van der Waals surface area contributed by atoms with E-state index in [4.69, 9.17) is 0 Å². The van der Waals surface area contributed by atoms with E-state index in [0.717, 1.165) is 24.8 Å². The lowest BCUT2D eigenvalue weighted by molar-refractivity contribution is 0.102. The monoisotopic (exact) mass is 365 g/mol. The molecular formula is C18H19N7O2. The first-order valence-electron chi connectivity index (χ1n) is 8.93. The van der Waals surface area contributed by atoms with Crippen molar-refractivity contribution in [1.29, 1.82) is 0 Å². The molecule has 0 unspecified atom stereocenters. The fraction of sp³-hybridized carbons (Fsp3) is 0.333. The van der Waals surface area contributed by atoms with E-state index in [1.54, 1.807) is 6.07 Å². The highest BCUT2D eigenvalue weighted by molar-refractivity contribution is 6.02. The summed E-state index contributed by atoms with van der Waals surface area (Å²) in [5.41, 5.74) is 1.41. The SMILES string of the molecule is CCCn1nc(C(=O)Nc2cccc(-c3nnnn3C3CC3)c2)ccc1=O. The number of amides is 1. The smallest absolute Gasteiger partial charge is 0.276 e. The molecule has 3 aromatic rings. The molecular weight excluding hydrogens is 346 g/mol. The van der Waals surface area contributed by atoms with E-state index in [9.17, 15) is 9.59 Å². The van der Waals surface area contributed by atoms with Gasteiger partial charge in [0.25, 0.3) is 11.5 Å². The number of hydrogen-bond donors (Lipinski definition) is 1. The van der Waals surface area contributed by atoms with Crippen molar-refractivity contribution in [3.63, 3.8) is 0 Å². The highest BCUT2D eigenvalue weighted by Gasteiger charge is 2.28. The minimum atomic E-state index is -0.376. The average molecular weight is 365 g/mol. The van der Waals surface area contributed by atoms with Crippen molar-refractivity contribution >= 4 is 11.6 Å². The second-order valence-electron chi connectivity index (χ2n) is 6.49. The molecule has 0 aliphatic heterocycles. The maximum atomic E-state index is 12.5. The van der Waals surface area contributed by atoms with Gasteiger partial charge >= 0.3 is 0 Å². The van der Waals surface area contributed by atoms with Crippen LogP contribution in [0.15, 0.2) is 41.2 Å². The predicted octanol–water partition coefficient (Wildman–Crippen LogP) is 1.89. The fourth-order valence-corrected chi connectivity index (χ4v) is 2.82. The first kappa shape index (κ1) is 17.1. The minimum absolute atomic E-state index is 0.191. The molecule has 27 heavy (non-hydrogen) atoms. The standard InChI is InChI=1S/C18H19N7O2/c1-2-10-24-16(26)9-8-15(21-24)18(27)19-13-5-3-4-12(11-13)17-20-22-23-25(17)14-6-7-14/h3-5,8-9,11,14H,2,6-7,10H2,1H3,(H,19,27). The molecule has 4 rings (SSSR count). The number of anilines is 1. The lowest BCUT2D eigenvalue weighted by Gasteiger charge is -2.08. The fourth-order valence-electron chi connectivity index (χ4n) is 2.82. The summed E-state index contributed by atoms with van der Waals surface area (Å²) in [5.74, 6) is 0.307. The van der Waals surface area contributed by atoms with Gasteiger partial charge in [-0.2, -0.15) is 5.10 Å². The second-order valence-corrected chi connectivity index (χ2v) is 6.49. The minimum Gasteiger partial charge on any atom is -0.321 e. The second kappa shape index (κ2) is 7.10. The van der Waals surface area contributed by atoms with Crippen molar-refractivity contribution in [3.8, 4) is 11.4 Å². The van der Waals surface area contributed by atoms with E-state index < -0.39 is 0 Å². The molecule has 0 atom stereocenters. The molecule has 9 nitrogen and oxygen atoms in total. The Kier molecular flexibility index (Phi) is 4.49. The number of carbonyl (C=O) groups is 1. The van der Waals surface area contributed by atoms with E-state index in [-0.39, 0.29) is 17.2 Å². The molecule has 1 N–H and O–H groups in total. The molecule has 1 amide bonds. The highest BCUT2D eigenvalue weighted by atomic mass is 16.2. The van der Waals surface area contributed by atoms with Crippen LogP contribution in [-0.4, -0.2) is 35.9 Å². The van der Waals surface area contributed by atoms with E-state index in [2.05, 4.69) is 25.9 Å². The lowest BCUT2D eigenvalue weighted by atomic mass is 10.2. The highest BCUT2D eigenvalue weighted by Crippen LogP contribution is 2.36. The normalized spacial score (nSPS) is 13.5. The zero-order valence-electron chi connectivity index (χ0n) is 14.9. The van der Waals surface area contributed by atoms with Crippen molar-refractivity contribution in [2.75, 3.05) is 5.32 Å². The third-order valence-electron chi connectivity index (χ3n) is 4.30. The summed E-state index contributed by atoms with van der Waals surface area (Å²) in [5, 5.41) is 18.9. The number of nitrogens with one attached hydrogen (secondary N) is 1. The van der Waals surface area contributed by atoms with Crippen LogP contribution in [0.3, 0.4) is 0 Å². The van der Waals surface area contributed by atoms with Gasteiger partial charge in [-0.1, -0.05) is 19.1 Å². The Balaban J connectivity index is 1.56. The van der Waals surface area contributed by atoms with Crippen molar-refractivity contribution < 1.29 is 4.79 Å². The van der Waals surface area contributed by atoms with Gasteiger partial charge in [0.2, 0.25) is 0 Å². The van der Waals surface area contributed by atoms with Crippen molar-refractivity contribution in [1.82, 2.24) is 30.0 Å². The van der Waals surface area contributed by atoms with Gasteiger partial charge in [0, 0.05) is 23.9 Å². The summed E-state index contributed by atoms with van der Waals surface area (Å²) < 4.78 is 3.12. The molecule has 138 valence electrons. The predicted molar refractivity (Wildman–Crippen MR) is 98.3 cm³/mol. The van der Waals surface area contributed by atoms with Gasteiger partial charge in [0.1, 0.15) is 5.69 Å². The molecule has 1 aromatic carbocycles. The van der Waals surface area contributed by atoms with Gasteiger partial charge in [0.15, 0.2) is 5.82 Å². The van der Waals surface area contributed by atoms with Gasteiger partial charge < -0.3 is 5.32 Å². The van der Waals surface area contributed by atoms with Gasteiger partial charge in [-0.15, -0.1) is 5.10 Å². The molecule has 1 aliphatic carbocycles. The van der Waals surface area contributed by atoms with Crippen LogP contribution in [0.4, 0.5) is 5.69 Å². The molecule has 1 aliphatic rings. The average Bonchev–Trinajstić information content (AvgIpc) is 3.40. The first-order chi connectivity index (χ1) is 13.2. The van der Waals surface area contributed by atoms with Crippen molar-refractivity contribution in [2.24, 2.45) is 0 Å². The van der Waals surface area contributed by atoms with Gasteiger partial charge in [-0.25, -0.2) is 9.36 Å². The van der Waals surface area contributed by atoms with Crippen LogP contribution in [0.1, 0.15) is 42.7 Å². The lowest BCUT2D eigenvalue weighted by Crippen LogP contribution is -2.26. The van der Waals surface area contributed by atoms with Crippen LogP contribution in [0.25, 0.3) is 11.4 Å². The molecule has 9 heteroatoms. The number of nitrogens with zero attached hydrogens (tertiary/aromatic N) is 6. The Bertz CT molecular complexity index is 1040. The number of carbonyl (C=O) groups excluding carboxylic acids is 1.